The second-order valence-electron chi connectivity index (χ2n) is 6.20. The molecule has 4 rings (SSSR count). The van der Waals surface area contributed by atoms with Gasteiger partial charge in [-0.25, -0.2) is 4.98 Å². The number of fused-ring (bicyclic) bond motifs is 1. The molecule has 0 spiro atoms. The topological polar surface area (TPSA) is 92.9 Å². The highest BCUT2D eigenvalue weighted by Crippen LogP contribution is 2.21. The molecule has 0 saturated carbocycles. The molecule has 1 saturated heterocycles. The van der Waals surface area contributed by atoms with Crippen molar-refractivity contribution in [1.29, 1.82) is 0 Å². The molecule has 0 bridgehead atoms. The number of pyridine rings is 1. The summed E-state index contributed by atoms with van der Waals surface area (Å²) in [4.78, 5) is 28.7. The van der Waals surface area contributed by atoms with E-state index in [0.717, 1.165) is 32.1 Å². The molecule has 0 aromatic carbocycles. The van der Waals surface area contributed by atoms with Crippen LogP contribution in [-0.2, 0) is 13.6 Å². The quantitative estimate of drug-likeness (QED) is 0.712. The van der Waals surface area contributed by atoms with Crippen molar-refractivity contribution in [2.75, 3.05) is 36.4 Å². The summed E-state index contributed by atoms with van der Waals surface area (Å²) in [6.07, 6.45) is 1.69. The number of aryl methyl sites for hydroxylation is 1. The molecule has 1 aliphatic heterocycles. The van der Waals surface area contributed by atoms with Gasteiger partial charge in [0.1, 0.15) is 5.82 Å². The zero-order valence-electron chi connectivity index (χ0n) is 14.9. The Morgan fingerprint density at radius 3 is 2.73 bits per heavy atom. The summed E-state index contributed by atoms with van der Waals surface area (Å²) < 4.78 is 3.47. The largest absolute Gasteiger partial charge is 0.340 e. The maximum absolute atomic E-state index is 13.0. The molecule has 3 aromatic heterocycles. The number of nitrogens with zero attached hydrogens (tertiary/aromatic N) is 6. The van der Waals surface area contributed by atoms with Gasteiger partial charge >= 0.3 is 0 Å². The molecule has 136 valence electrons. The Labute approximate surface area is 150 Å². The second-order valence-corrected chi connectivity index (χ2v) is 6.20. The molecule has 0 radical (unpaired) electrons. The van der Waals surface area contributed by atoms with Crippen LogP contribution in [0, 0.1) is 0 Å². The van der Waals surface area contributed by atoms with Gasteiger partial charge in [0.05, 0.1) is 0 Å². The van der Waals surface area contributed by atoms with Crippen LogP contribution in [0.2, 0.25) is 0 Å². The van der Waals surface area contributed by atoms with E-state index in [4.69, 9.17) is 0 Å². The fourth-order valence-electron chi connectivity index (χ4n) is 3.22. The molecule has 0 amide bonds. The summed E-state index contributed by atoms with van der Waals surface area (Å²) >= 11 is 0. The molecule has 0 unspecified atom stereocenters. The van der Waals surface area contributed by atoms with Crippen LogP contribution in [0.1, 0.15) is 6.92 Å². The highest BCUT2D eigenvalue weighted by atomic mass is 16.1. The van der Waals surface area contributed by atoms with Gasteiger partial charge in [0.2, 0.25) is 11.9 Å². The molecule has 2 N–H and O–H groups in total. The van der Waals surface area contributed by atoms with E-state index in [1.165, 1.54) is 4.57 Å². The number of nitrogens with one attached hydrogen (secondary N) is 2. The van der Waals surface area contributed by atoms with Crippen LogP contribution in [0.3, 0.4) is 0 Å². The van der Waals surface area contributed by atoms with Gasteiger partial charge in [0.15, 0.2) is 11.2 Å². The highest BCUT2D eigenvalue weighted by Gasteiger charge is 2.22. The molecular formula is C17H22N8O. The van der Waals surface area contributed by atoms with E-state index < -0.39 is 0 Å². The first-order valence-electron chi connectivity index (χ1n) is 8.80. The van der Waals surface area contributed by atoms with Crippen LogP contribution in [0.15, 0.2) is 29.2 Å². The van der Waals surface area contributed by atoms with E-state index in [2.05, 4.69) is 30.5 Å². The molecule has 0 atom stereocenters. The number of rotatable bonds is 4. The van der Waals surface area contributed by atoms with Crippen molar-refractivity contribution in [3.8, 4) is 0 Å². The summed E-state index contributed by atoms with van der Waals surface area (Å²) in [5.41, 5.74) is 0.876. The Hall–Kier alpha value is -2.94. The zero-order chi connectivity index (χ0) is 18.1. The van der Waals surface area contributed by atoms with Gasteiger partial charge < -0.3 is 20.1 Å². The predicted octanol–water partition coefficient (Wildman–Crippen LogP) is 0.698. The maximum Gasteiger partial charge on any atom is 0.280 e. The average Bonchev–Trinajstić information content (AvgIpc) is 3.06. The Bertz CT molecular complexity index is 972. The van der Waals surface area contributed by atoms with E-state index in [1.54, 1.807) is 13.2 Å². The molecule has 1 fully saturated rings. The van der Waals surface area contributed by atoms with Crippen LogP contribution in [0.4, 0.5) is 17.7 Å². The van der Waals surface area contributed by atoms with Crippen molar-refractivity contribution in [3.05, 3.63) is 34.7 Å². The first-order valence-corrected chi connectivity index (χ1v) is 8.80. The van der Waals surface area contributed by atoms with Crippen LogP contribution < -0.4 is 21.1 Å². The number of aromatic nitrogens is 5. The van der Waals surface area contributed by atoms with Gasteiger partial charge in [-0.15, -0.1) is 0 Å². The van der Waals surface area contributed by atoms with Gasteiger partial charge in [-0.3, -0.25) is 9.36 Å². The smallest absolute Gasteiger partial charge is 0.280 e. The van der Waals surface area contributed by atoms with E-state index >= 15 is 0 Å². The van der Waals surface area contributed by atoms with Crippen molar-refractivity contribution >= 4 is 28.9 Å². The van der Waals surface area contributed by atoms with Crippen LogP contribution in [-0.4, -0.2) is 50.3 Å². The SMILES string of the molecule is CCn1c(N2CCNCC2)nc2nc(Nc3ccccn3)n(C)c(=O)c21. The fraction of sp³-hybridized carbons (Fsp3) is 0.412. The minimum atomic E-state index is -0.121. The van der Waals surface area contributed by atoms with E-state index in [-0.39, 0.29) is 5.56 Å². The van der Waals surface area contributed by atoms with Gasteiger partial charge in [-0.2, -0.15) is 9.97 Å². The second kappa shape index (κ2) is 6.75. The Morgan fingerprint density at radius 2 is 2.04 bits per heavy atom. The summed E-state index contributed by atoms with van der Waals surface area (Å²) in [5.74, 6) is 1.86. The van der Waals surface area contributed by atoms with Gasteiger partial charge in [-0.05, 0) is 19.1 Å². The van der Waals surface area contributed by atoms with Gasteiger partial charge in [-0.1, -0.05) is 6.07 Å². The van der Waals surface area contributed by atoms with Gasteiger partial charge in [0.25, 0.3) is 5.56 Å². The van der Waals surface area contributed by atoms with Crippen molar-refractivity contribution in [1.82, 2.24) is 29.4 Å². The highest BCUT2D eigenvalue weighted by molar-refractivity contribution is 5.76. The Kier molecular flexibility index (Phi) is 4.29. The number of anilines is 3. The summed E-state index contributed by atoms with van der Waals surface area (Å²) in [7, 11) is 1.71. The Morgan fingerprint density at radius 1 is 1.23 bits per heavy atom. The van der Waals surface area contributed by atoms with E-state index in [9.17, 15) is 4.79 Å². The van der Waals surface area contributed by atoms with Crippen LogP contribution in [0.5, 0.6) is 0 Å². The van der Waals surface area contributed by atoms with Crippen molar-refractivity contribution in [2.24, 2.45) is 7.05 Å². The first kappa shape index (κ1) is 16.5. The summed E-state index contributed by atoms with van der Waals surface area (Å²) in [5, 5.41) is 6.43. The lowest BCUT2D eigenvalue weighted by Gasteiger charge is -2.28. The molecular weight excluding hydrogens is 332 g/mol. The monoisotopic (exact) mass is 354 g/mol. The van der Waals surface area contributed by atoms with Crippen LogP contribution >= 0.6 is 0 Å². The number of hydrogen-bond acceptors (Lipinski definition) is 7. The van der Waals surface area contributed by atoms with E-state index in [1.807, 2.05) is 29.7 Å². The number of hydrogen-bond donors (Lipinski definition) is 2. The molecule has 26 heavy (non-hydrogen) atoms. The fourth-order valence-corrected chi connectivity index (χ4v) is 3.22. The molecule has 0 aliphatic carbocycles. The average molecular weight is 354 g/mol. The summed E-state index contributed by atoms with van der Waals surface area (Å²) in [6.45, 7) is 6.23. The lowest BCUT2D eigenvalue weighted by molar-refractivity contribution is 0.569. The number of piperazine rings is 1. The molecule has 4 heterocycles. The molecule has 9 nitrogen and oxygen atoms in total. The maximum atomic E-state index is 13.0. The standard InChI is InChI=1S/C17H22N8O/c1-3-25-13-14(22-17(25)24-10-8-18-9-11-24)21-16(23(2)15(13)26)20-12-6-4-5-7-19-12/h4-7,18H,3,8-11H2,1-2H3,(H,19,20,21). The molecule has 1 aliphatic rings. The molecule has 3 aromatic rings. The zero-order valence-corrected chi connectivity index (χ0v) is 14.9. The third-order valence-electron chi connectivity index (χ3n) is 4.59. The van der Waals surface area contributed by atoms with Crippen molar-refractivity contribution in [3.63, 3.8) is 0 Å². The van der Waals surface area contributed by atoms with Gasteiger partial charge in [0, 0.05) is 46.0 Å². The minimum Gasteiger partial charge on any atom is -0.340 e. The predicted molar refractivity (Wildman–Crippen MR) is 101 cm³/mol. The van der Waals surface area contributed by atoms with E-state index in [0.29, 0.717) is 29.5 Å². The third kappa shape index (κ3) is 2.80. The Balaban J connectivity index is 1.82. The van der Waals surface area contributed by atoms with Crippen molar-refractivity contribution in [2.45, 2.75) is 13.5 Å². The van der Waals surface area contributed by atoms with Crippen molar-refractivity contribution < 1.29 is 0 Å². The number of imidazole rings is 1. The minimum absolute atomic E-state index is 0.121. The normalized spacial score (nSPS) is 14.8. The van der Waals surface area contributed by atoms with Crippen LogP contribution in [0.25, 0.3) is 11.2 Å². The first-order chi connectivity index (χ1) is 12.7. The molecule has 9 heteroatoms. The summed E-state index contributed by atoms with van der Waals surface area (Å²) in [6, 6.07) is 5.54. The third-order valence-corrected chi connectivity index (χ3v) is 4.59. The lowest BCUT2D eigenvalue weighted by Crippen LogP contribution is -2.44. The lowest BCUT2D eigenvalue weighted by atomic mass is 10.4.